The molecule has 1 aliphatic heterocycles. The summed E-state index contributed by atoms with van der Waals surface area (Å²) in [5.41, 5.74) is 1.16. The zero-order valence-electron chi connectivity index (χ0n) is 15.0. The Morgan fingerprint density at radius 3 is 2.96 bits per heavy atom. The smallest absolute Gasteiger partial charge is 0.295 e. The average Bonchev–Trinajstić information content (AvgIpc) is 2.61. The lowest BCUT2D eigenvalue weighted by molar-refractivity contribution is -0.125. The molecule has 0 radical (unpaired) electrons. The number of hydrogen-bond acceptors (Lipinski definition) is 5. The van der Waals surface area contributed by atoms with Crippen molar-refractivity contribution in [1.29, 1.82) is 0 Å². The molecule has 0 bridgehead atoms. The van der Waals surface area contributed by atoms with Gasteiger partial charge in [0.05, 0.1) is 5.92 Å². The normalized spacial score (nSPS) is 17.9. The van der Waals surface area contributed by atoms with Crippen molar-refractivity contribution >= 4 is 22.9 Å². The molecule has 0 aliphatic carbocycles. The van der Waals surface area contributed by atoms with Gasteiger partial charge in [0.25, 0.3) is 5.56 Å². The predicted octanol–water partition coefficient (Wildman–Crippen LogP) is 1.55. The van der Waals surface area contributed by atoms with Crippen LogP contribution in [0.5, 0.6) is 0 Å². The third-order valence-electron chi connectivity index (χ3n) is 4.52. The summed E-state index contributed by atoms with van der Waals surface area (Å²) in [6.07, 6.45) is 3.38. The van der Waals surface area contributed by atoms with Crippen LogP contribution in [0, 0.1) is 5.92 Å². The van der Waals surface area contributed by atoms with E-state index in [2.05, 4.69) is 15.3 Å². The molecule has 1 N–H and O–H groups in total. The molecule has 134 valence electrons. The monoisotopic (exact) mass is 343 g/mol. The SMILES string of the molecule is CCn1c(=O)c(N2CCC[C@@H](C(=O)NC(C)C)C2)nc2cccnc21. The van der Waals surface area contributed by atoms with Crippen LogP contribution in [0.25, 0.3) is 11.2 Å². The first-order valence-electron chi connectivity index (χ1n) is 8.92. The van der Waals surface area contributed by atoms with Crippen LogP contribution in [-0.4, -0.2) is 39.6 Å². The first kappa shape index (κ1) is 17.4. The Bertz CT molecular complexity index is 830. The van der Waals surface area contributed by atoms with Gasteiger partial charge in [0, 0.05) is 31.9 Å². The van der Waals surface area contributed by atoms with E-state index in [-0.39, 0.29) is 23.4 Å². The largest absolute Gasteiger partial charge is 0.354 e. The van der Waals surface area contributed by atoms with Gasteiger partial charge < -0.3 is 10.2 Å². The zero-order chi connectivity index (χ0) is 18.0. The Labute approximate surface area is 147 Å². The van der Waals surface area contributed by atoms with Crippen LogP contribution in [0.4, 0.5) is 5.82 Å². The quantitative estimate of drug-likeness (QED) is 0.911. The minimum atomic E-state index is -0.140. The number of amides is 1. The van der Waals surface area contributed by atoms with Gasteiger partial charge in [-0.2, -0.15) is 0 Å². The molecular weight excluding hydrogens is 318 g/mol. The minimum Gasteiger partial charge on any atom is -0.354 e. The molecule has 3 heterocycles. The van der Waals surface area contributed by atoms with Crippen LogP contribution in [0.1, 0.15) is 33.6 Å². The summed E-state index contributed by atoms with van der Waals surface area (Å²) in [4.78, 5) is 36.0. The summed E-state index contributed by atoms with van der Waals surface area (Å²) in [6, 6.07) is 3.80. The molecule has 7 heteroatoms. The Morgan fingerprint density at radius 2 is 2.24 bits per heavy atom. The van der Waals surface area contributed by atoms with E-state index in [0.717, 1.165) is 19.4 Å². The minimum absolute atomic E-state index is 0.0537. The van der Waals surface area contributed by atoms with Gasteiger partial charge in [-0.15, -0.1) is 0 Å². The molecule has 0 unspecified atom stereocenters. The van der Waals surface area contributed by atoms with Crippen LogP contribution in [0.2, 0.25) is 0 Å². The number of aromatic nitrogens is 3. The van der Waals surface area contributed by atoms with Crippen molar-refractivity contribution < 1.29 is 4.79 Å². The van der Waals surface area contributed by atoms with Crippen LogP contribution in [-0.2, 0) is 11.3 Å². The molecule has 0 aromatic carbocycles. The molecule has 0 saturated carbocycles. The fraction of sp³-hybridized carbons (Fsp3) is 0.556. The summed E-state index contributed by atoms with van der Waals surface area (Å²) in [5.74, 6) is 0.361. The lowest BCUT2D eigenvalue weighted by Crippen LogP contribution is -2.46. The molecule has 1 saturated heterocycles. The van der Waals surface area contributed by atoms with Gasteiger partial charge in [-0.25, -0.2) is 9.97 Å². The molecule has 7 nitrogen and oxygen atoms in total. The van der Waals surface area contributed by atoms with E-state index in [1.54, 1.807) is 10.8 Å². The Balaban J connectivity index is 1.94. The lowest BCUT2D eigenvalue weighted by atomic mass is 9.97. The van der Waals surface area contributed by atoms with Gasteiger partial charge in [0.2, 0.25) is 5.91 Å². The Kier molecular flexibility index (Phi) is 5.01. The summed E-state index contributed by atoms with van der Waals surface area (Å²) >= 11 is 0. The summed E-state index contributed by atoms with van der Waals surface area (Å²) in [6.45, 7) is 7.63. The molecule has 2 aromatic heterocycles. The summed E-state index contributed by atoms with van der Waals surface area (Å²) < 4.78 is 1.65. The number of carbonyl (C=O) groups excluding carboxylic acids is 1. The highest BCUT2D eigenvalue weighted by Gasteiger charge is 2.28. The van der Waals surface area contributed by atoms with Crippen molar-refractivity contribution in [3.63, 3.8) is 0 Å². The maximum Gasteiger partial charge on any atom is 0.295 e. The lowest BCUT2D eigenvalue weighted by Gasteiger charge is -2.33. The zero-order valence-corrected chi connectivity index (χ0v) is 15.0. The number of aryl methyl sites for hydroxylation is 1. The molecule has 1 aliphatic rings. The first-order chi connectivity index (χ1) is 12.0. The second-order valence-electron chi connectivity index (χ2n) is 6.78. The van der Waals surface area contributed by atoms with E-state index in [9.17, 15) is 9.59 Å². The van der Waals surface area contributed by atoms with Gasteiger partial charge in [-0.1, -0.05) is 0 Å². The van der Waals surface area contributed by atoms with E-state index in [1.807, 2.05) is 37.8 Å². The standard InChI is InChI=1S/C18H25N5O2/c1-4-23-15-14(8-5-9-19-15)21-16(18(23)25)22-10-6-7-13(11-22)17(24)20-12(2)3/h5,8-9,12-13H,4,6-7,10-11H2,1-3H3,(H,20,24)/t13-/m1/s1. The highest BCUT2D eigenvalue weighted by Crippen LogP contribution is 2.21. The van der Waals surface area contributed by atoms with Crippen molar-refractivity contribution in [2.75, 3.05) is 18.0 Å². The highest BCUT2D eigenvalue weighted by atomic mass is 16.2. The molecule has 2 aromatic rings. The molecule has 1 amide bonds. The number of pyridine rings is 1. The second kappa shape index (κ2) is 7.21. The van der Waals surface area contributed by atoms with Crippen LogP contribution in [0.3, 0.4) is 0 Å². The number of anilines is 1. The number of hydrogen-bond donors (Lipinski definition) is 1. The number of rotatable bonds is 4. The van der Waals surface area contributed by atoms with Gasteiger partial charge in [0.15, 0.2) is 11.5 Å². The molecule has 3 rings (SSSR count). The Hall–Kier alpha value is -2.44. The number of piperidine rings is 1. The number of nitrogens with zero attached hydrogens (tertiary/aromatic N) is 4. The summed E-state index contributed by atoms with van der Waals surface area (Å²) in [7, 11) is 0. The van der Waals surface area contributed by atoms with E-state index in [0.29, 0.717) is 30.1 Å². The van der Waals surface area contributed by atoms with Gasteiger partial charge in [-0.3, -0.25) is 14.2 Å². The van der Waals surface area contributed by atoms with E-state index < -0.39 is 0 Å². The Morgan fingerprint density at radius 1 is 1.44 bits per heavy atom. The van der Waals surface area contributed by atoms with Crippen LogP contribution in [0.15, 0.2) is 23.1 Å². The topological polar surface area (TPSA) is 80.1 Å². The first-order valence-corrected chi connectivity index (χ1v) is 8.92. The van der Waals surface area contributed by atoms with Gasteiger partial charge in [0.1, 0.15) is 5.52 Å². The third-order valence-corrected chi connectivity index (χ3v) is 4.52. The van der Waals surface area contributed by atoms with E-state index in [4.69, 9.17) is 0 Å². The number of carbonyl (C=O) groups is 1. The van der Waals surface area contributed by atoms with E-state index in [1.165, 1.54) is 0 Å². The molecular formula is C18H25N5O2. The maximum absolute atomic E-state index is 12.9. The number of fused-ring (bicyclic) bond motifs is 1. The number of nitrogens with one attached hydrogen (secondary N) is 1. The molecule has 1 atom stereocenters. The average molecular weight is 343 g/mol. The van der Waals surface area contributed by atoms with Gasteiger partial charge >= 0.3 is 0 Å². The highest BCUT2D eigenvalue weighted by molar-refractivity contribution is 5.80. The van der Waals surface area contributed by atoms with Crippen LogP contribution >= 0.6 is 0 Å². The fourth-order valence-electron chi connectivity index (χ4n) is 3.35. The predicted molar refractivity (Wildman–Crippen MR) is 97.7 cm³/mol. The second-order valence-corrected chi connectivity index (χ2v) is 6.78. The maximum atomic E-state index is 12.9. The molecule has 1 fully saturated rings. The van der Waals surface area contributed by atoms with Crippen molar-refractivity contribution in [2.24, 2.45) is 5.92 Å². The summed E-state index contributed by atoms with van der Waals surface area (Å²) in [5, 5.41) is 2.97. The van der Waals surface area contributed by atoms with Gasteiger partial charge in [-0.05, 0) is 45.7 Å². The van der Waals surface area contributed by atoms with Crippen LogP contribution < -0.4 is 15.8 Å². The fourth-order valence-corrected chi connectivity index (χ4v) is 3.35. The van der Waals surface area contributed by atoms with Crippen molar-refractivity contribution in [3.8, 4) is 0 Å². The van der Waals surface area contributed by atoms with Crippen molar-refractivity contribution in [3.05, 3.63) is 28.7 Å². The van der Waals surface area contributed by atoms with E-state index >= 15 is 0 Å². The third kappa shape index (κ3) is 3.50. The van der Waals surface area contributed by atoms with Crippen molar-refractivity contribution in [2.45, 2.75) is 46.2 Å². The van der Waals surface area contributed by atoms with Crippen molar-refractivity contribution in [1.82, 2.24) is 19.9 Å². The molecule has 25 heavy (non-hydrogen) atoms. The molecule has 0 spiro atoms.